The molecule has 0 saturated carbocycles. The van der Waals surface area contributed by atoms with Gasteiger partial charge in [0.25, 0.3) is 5.91 Å². The van der Waals surface area contributed by atoms with Crippen LogP contribution < -0.4 is 10.5 Å². The molecule has 0 saturated heterocycles. The van der Waals surface area contributed by atoms with Gasteiger partial charge in [-0.2, -0.15) is 0 Å². The second-order valence-corrected chi connectivity index (χ2v) is 5.86. The lowest BCUT2D eigenvalue weighted by Gasteiger charge is -2.12. The molecule has 6 nitrogen and oxygen atoms in total. The van der Waals surface area contributed by atoms with E-state index in [9.17, 15) is 13.2 Å². The molecule has 0 bridgehead atoms. The molecule has 18 heavy (non-hydrogen) atoms. The molecule has 1 amide bonds. The molecule has 1 atom stereocenters. The first-order valence-electron chi connectivity index (χ1n) is 5.42. The van der Waals surface area contributed by atoms with Gasteiger partial charge >= 0.3 is 0 Å². The number of carbonyl (C=O) groups excluding carboxylic acids is 1. The van der Waals surface area contributed by atoms with Crippen LogP contribution in [0.3, 0.4) is 0 Å². The lowest BCUT2D eigenvalue weighted by molar-refractivity contribution is -0.120. The first kappa shape index (κ1) is 14.5. The third-order valence-electron chi connectivity index (χ3n) is 2.36. The van der Waals surface area contributed by atoms with Crippen LogP contribution in [0.2, 0.25) is 0 Å². The van der Waals surface area contributed by atoms with Gasteiger partial charge in [0.15, 0.2) is 0 Å². The van der Waals surface area contributed by atoms with Crippen molar-refractivity contribution in [3.05, 3.63) is 29.8 Å². The van der Waals surface area contributed by atoms with Crippen LogP contribution in [-0.2, 0) is 21.2 Å². The normalized spacial score (nSPS) is 13.0. The fourth-order valence-corrected chi connectivity index (χ4v) is 1.88. The standard InChI is InChI=1S/C11H16N2O4S/c1-2-18(16,17)13-11(15)10(12)7-8-3-5-9(14)6-4-8/h3-6,10,14H,2,7,12H2,1H3,(H,13,15)/t10-/m0/s1. The number of phenols is 1. The van der Waals surface area contributed by atoms with E-state index in [1.54, 1.807) is 12.1 Å². The lowest BCUT2D eigenvalue weighted by atomic mass is 10.1. The number of sulfonamides is 1. The van der Waals surface area contributed by atoms with E-state index >= 15 is 0 Å². The lowest BCUT2D eigenvalue weighted by Crippen LogP contribution is -2.45. The third-order valence-corrected chi connectivity index (χ3v) is 3.64. The van der Waals surface area contributed by atoms with Crippen molar-refractivity contribution in [3.8, 4) is 5.75 Å². The number of hydrogen-bond donors (Lipinski definition) is 3. The highest BCUT2D eigenvalue weighted by Gasteiger charge is 2.19. The number of nitrogens with two attached hydrogens (primary N) is 1. The molecule has 0 aromatic heterocycles. The maximum atomic E-state index is 11.5. The molecule has 100 valence electrons. The highest BCUT2D eigenvalue weighted by Crippen LogP contribution is 2.10. The summed E-state index contributed by atoms with van der Waals surface area (Å²) in [5.74, 6) is -0.791. The Balaban J connectivity index is 2.63. The molecule has 0 aliphatic heterocycles. The van der Waals surface area contributed by atoms with Gasteiger partial charge in [0, 0.05) is 0 Å². The maximum absolute atomic E-state index is 11.5. The average molecular weight is 272 g/mol. The number of nitrogens with one attached hydrogen (secondary N) is 1. The van der Waals surface area contributed by atoms with E-state index in [1.807, 2.05) is 4.72 Å². The van der Waals surface area contributed by atoms with Gasteiger partial charge in [-0.15, -0.1) is 0 Å². The first-order chi connectivity index (χ1) is 8.34. The Morgan fingerprint density at radius 3 is 2.44 bits per heavy atom. The van der Waals surface area contributed by atoms with Crippen LogP contribution in [0.15, 0.2) is 24.3 Å². The van der Waals surface area contributed by atoms with Crippen molar-refractivity contribution in [3.63, 3.8) is 0 Å². The summed E-state index contributed by atoms with van der Waals surface area (Å²) >= 11 is 0. The van der Waals surface area contributed by atoms with Crippen LogP contribution in [0.5, 0.6) is 5.75 Å². The van der Waals surface area contributed by atoms with Crippen molar-refractivity contribution in [2.75, 3.05) is 5.75 Å². The molecular formula is C11H16N2O4S. The van der Waals surface area contributed by atoms with Gasteiger partial charge in [0.2, 0.25) is 10.0 Å². The first-order valence-corrected chi connectivity index (χ1v) is 7.07. The number of benzene rings is 1. The molecule has 0 fully saturated rings. The molecule has 0 spiro atoms. The minimum Gasteiger partial charge on any atom is -0.508 e. The predicted octanol–water partition coefficient (Wildman–Crippen LogP) is -0.272. The zero-order chi connectivity index (χ0) is 13.8. The number of hydrogen-bond acceptors (Lipinski definition) is 5. The van der Waals surface area contributed by atoms with Crippen LogP contribution in [0.25, 0.3) is 0 Å². The van der Waals surface area contributed by atoms with Crippen LogP contribution in [-0.4, -0.2) is 31.2 Å². The number of phenolic OH excluding ortho intramolecular Hbond substituents is 1. The monoisotopic (exact) mass is 272 g/mol. The Labute approximate surface area is 106 Å². The fraction of sp³-hybridized carbons (Fsp3) is 0.364. The van der Waals surface area contributed by atoms with Crippen molar-refractivity contribution < 1.29 is 18.3 Å². The van der Waals surface area contributed by atoms with E-state index in [-0.39, 0.29) is 17.9 Å². The largest absolute Gasteiger partial charge is 0.508 e. The SMILES string of the molecule is CCS(=O)(=O)NC(=O)[C@@H](N)Cc1ccc(O)cc1. The number of amides is 1. The van der Waals surface area contributed by atoms with Gasteiger partial charge < -0.3 is 10.8 Å². The van der Waals surface area contributed by atoms with Crippen molar-refractivity contribution in [2.45, 2.75) is 19.4 Å². The second kappa shape index (κ2) is 5.83. The summed E-state index contributed by atoms with van der Waals surface area (Å²) in [4.78, 5) is 11.5. The third kappa shape index (κ3) is 4.34. The Morgan fingerprint density at radius 1 is 1.39 bits per heavy atom. The molecule has 1 rings (SSSR count). The van der Waals surface area contributed by atoms with Crippen molar-refractivity contribution in [1.29, 1.82) is 0 Å². The molecule has 0 heterocycles. The fourth-order valence-electron chi connectivity index (χ4n) is 1.28. The molecule has 0 radical (unpaired) electrons. The summed E-state index contributed by atoms with van der Waals surface area (Å²) in [6.07, 6.45) is 0.200. The highest BCUT2D eigenvalue weighted by atomic mass is 32.2. The Kier molecular flexibility index (Phi) is 4.69. The van der Waals surface area contributed by atoms with Crippen LogP contribution in [0.4, 0.5) is 0 Å². The highest BCUT2D eigenvalue weighted by molar-refractivity contribution is 7.90. The summed E-state index contributed by atoms with van der Waals surface area (Å²) in [6.45, 7) is 1.43. The van der Waals surface area contributed by atoms with E-state index in [0.717, 1.165) is 5.56 Å². The van der Waals surface area contributed by atoms with Gasteiger partial charge in [-0.1, -0.05) is 12.1 Å². The van der Waals surface area contributed by atoms with Gasteiger partial charge in [-0.3, -0.25) is 9.52 Å². The number of aromatic hydroxyl groups is 1. The van der Waals surface area contributed by atoms with E-state index in [0.29, 0.717) is 0 Å². The predicted molar refractivity (Wildman–Crippen MR) is 67.4 cm³/mol. The van der Waals surface area contributed by atoms with Gasteiger partial charge in [0.05, 0.1) is 11.8 Å². The summed E-state index contributed by atoms with van der Waals surface area (Å²) in [7, 11) is -3.58. The molecule has 7 heteroatoms. The Morgan fingerprint density at radius 2 is 1.94 bits per heavy atom. The topological polar surface area (TPSA) is 109 Å². The maximum Gasteiger partial charge on any atom is 0.250 e. The zero-order valence-corrected chi connectivity index (χ0v) is 10.8. The molecule has 1 aromatic carbocycles. The van der Waals surface area contributed by atoms with E-state index in [2.05, 4.69) is 0 Å². The quantitative estimate of drug-likeness (QED) is 0.683. The second-order valence-electron chi connectivity index (χ2n) is 3.85. The number of rotatable bonds is 5. The van der Waals surface area contributed by atoms with Gasteiger partial charge in [-0.05, 0) is 31.0 Å². The zero-order valence-electron chi connectivity index (χ0n) is 9.96. The van der Waals surface area contributed by atoms with Crippen molar-refractivity contribution in [2.24, 2.45) is 5.73 Å². The number of carbonyl (C=O) groups is 1. The summed E-state index contributed by atoms with van der Waals surface area (Å²) < 4.78 is 24.3. The van der Waals surface area contributed by atoms with Crippen LogP contribution in [0, 0.1) is 0 Å². The van der Waals surface area contributed by atoms with E-state index in [4.69, 9.17) is 10.8 Å². The van der Waals surface area contributed by atoms with Crippen LogP contribution in [0.1, 0.15) is 12.5 Å². The van der Waals surface area contributed by atoms with Gasteiger partial charge in [-0.25, -0.2) is 8.42 Å². The molecule has 4 N–H and O–H groups in total. The minimum atomic E-state index is -3.58. The summed E-state index contributed by atoms with van der Waals surface area (Å²) in [5, 5.41) is 9.09. The molecule has 1 aromatic rings. The van der Waals surface area contributed by atoms with E-state index < -0.39 is 22.0 Å². The Hall–Kier alpha value is -1.60. The summed E-state index contributed by atoms with van der Waals surface area (Å²) in [5.41, 5.74) is 6.35. The average Bonchev–Trinajstić information content (AvgIpc) is 2.31. The van der Waals surface area contributed by atoms with Crippen molar-refractivity contribution >= 4 is 15.9 Å². The van der Waals surface area contributed by atoms with E-state index in [1.165, 1.54) is 19.1 Å². The molecule has 0 aliphatic carbocycles. The molecule has 0 aliphatic rings. The van der Waals surface area contributed by atoms with Crippen molar-refractivity contribution in [1.82, 2.24) is 4.72 Å². The molecule has 0 unspecified atom stereocenters. The summed E-state index contributed by atoms with van der Waals surface area (Å²) in [6, 6.07) is 5.25. The van der Waals surface area contributed by atoms with Gasteiger partial charge in [0.1, 0.15) is 5.75 Å². The smallest absolute Gasteiger partial charge is 0.250 e. The minimum absolute atomic E-state index is 0.116. The Bertz CT molecular complexity index is 510. The van der Waals surface area contributed by atoms with Crippen LogP contribution >= 0.6 is 0 Å². The molecular weight excluding hydrogens is 256 g/mol.